The van der Waals surface area contributed by atoms with E-state index in [0.29, 0.717) is 12.1 Å². The number of amides is 1. The molecule has 0 bridgehead atoms. The lowest BCUT2D eigenvalue weighted by Crippen LogP contribution is -3.28. The van der Waals surface area contributed by atoms with Crippen LogP contribution in [0, 0.1) is 5.82 Å². The van der Waals surface area contributed by atoms with Crippen LogP contribution in [0.25, 0.3) is 0 Å². The highest BCUT2D eigenvalue weighted by Gasteiger charge is 2.25. The van der Waals surface area contributed by atoms with E-state index in [4.69, 9.17) is 11.6 Å². The van der Waals surface area contributed by atoms with Crippen molar-refractivity contribution in [1.82, 2.24) is 5.43 Å². The van der Waals surface area contributed by atoms with Crippen molar-refractivity contribution in [2.24, 2.45) is 5.10 Å². The predicted molar refractivity (Wildman–Crippen MR) is 111 cm³/mol. The molecule has 0 aromatic heterocycles. The summed E-state index contributed by atoms with van der Waals surface area (Å²) in [7, 11) is 0. The highest BCUT2D eigenvalue weighted by molar-refractivity contribution is 9.10. The monoisotopic (exact) mass is 468 g/mol. The standard InChI is InChI=1S/C20H21BrClFN4O/c21-17-5-6-19(23)16(11-17)12-24-25-20(28)14-27-9-7-26(8-10-27)13-15-3-1-2-4-18(15)22/h1-6,11-12H,7-10,13-14H2,(H,25,28)/p+2. The molecule has 1 fully saturated rings. The summed E-state index contributed by atoms with van der Waals surface area (Å²) in [5, 5.41) is 4.68. The number of carbonyl (C=O) groups is 1. The molecule has 28 heavy (non-hydrogen) atoms. The van der Waals surface area contributed by atoms with E-state index in [2.05, 4.69) is 32.5 Å². The number of hydrogen-bond acceptors (Lipinski definition) is 2. The van der Waals surface area contributed by atoms with Gasteiger partial charge in [0.15, 0.2) is 6.54 Å². The summed E-state index contributed by atoms with van der Waals surface area (Å²) in [6.07, 6.45) is 1.32. The molecule has 1 saturated heterocycles. The molecular formula is C20H23BrClFN4O+2. The minimum absolute atomic E-state index is 0.170. The van der Waals surface area contributed by atoms with Crippen molar-refractivity contribution in [2.45, 2.75) is 6.54 Å². The first-order chi connectivity index (χ1) is 13.5. The van der Waals surface area contributed by atoms with Gasteiger partial charge < -0.3 is 9.80 Å². The van der Waals surface area contributed by atoms with Crippen molar-refractivity contribution in [1.29, 1.82) is 0 Å². The van der Waals surface area contributed by atoms with Crippen LogP contribution in [0.15, 0.2) is 52.0 Å². The fourth-order valence-corrected chi connectivity index (χ4v) is 3.86. The van der Waals surface area contributed by atoms with Crippen molar-refractivity contribution >= 4 is 39.7 Å². The van der Waals surface area contributed by atoms with Gasteiger partial charge in [-0.3, -0.25) is 4.79 Å². The molecule has 8 heteroatoms. The number of benzene rings is 2. The maximum absolute atomic E-state index is 13.6. The van der Waals surface area contributed by atoms with Crippen LogP contribution in [0.2, 0.25) is 5.02 Å². The molecule has 2 aromatic rings. The molecule has 3 N–H and O–H groups in total. The number of hydrazone groups is 1. The smallest absolute Gasteiger partial charge is 0.295 e. The Labute approximate surface area is 177 Å². The van der Waals surface area contributed by atoms with E-state index in [-0.39, 0.29) is 11.7 Å². The fourth-order valence-electron chi connectivity index (χ4n) is 3.28. The van der Waals surface area contributed by atoms with E-state index < -0.39 is 0 Å². The third-order valence-corrected chi connectivity index (χ3v) is 5.69. The van der Waals surface area contributed by atoms with Gasteiger partial charge in [0.2, 0.25) is 0 Å². The van der Waals surface area contributed by atoms with Gasteiger partial charge in [-0.15, -0.1) is 0 Å². The molecule has 2 aromatic carbocycles. The largest absolute Gasteiger partial charge is 0.322 e. The first kappa shape index (κ1) is 20.9. The van der Waals surface area contributed by atoms with Gasteiger partial charge in [-0.1, -0.05) is 45.7 Å². The number of nitrogens with one attached hydrogen (secondary N) is 3. The SMILES string of the molecule is O=C(C[NH+]1CC[NH+](Cc2ccccc2Cl)CC1)NN=Cc1cc(Br)ccc1F. The minimum atomic E-state index is -0.385. The molecule has 1 heterocycles. The van der Waals surface area contributed by atoms with Gasteiger partial charge in [0, 0.05) is 20.6 Å². The lowest BCUT2D eigenvalue weighted by Gasteiger charge is -2.29. The molecule has 1 aliphatic rings. The van der Waals surface area contributed by atoms with Crippen LogP contribution in [0.5, 0.6) is 0 Å². The summed E-state index contributed by atoms with van der Waals surface area (Å²) in [5.41, 5.74) is 3.97. The van der Waals surface area contributed by atoms with E-state index in [1.165, 1.54) is 22.1 Å². The van der Waals surface area contributed by atoms with Crippen LogP contribution in [0.1, 0.15) is 11.1 Å². The second-order valence-electron chi connectivity index (χ2n) is 6.90. The molecule has 0 unspecified atom stereocenters. The van der Waals surface area contributed by atoms with Crippen molar-refractivity contribution in [3.8, 4) is 0 Å². The summed E-state index contributed by atoms with van der Waals surface area (Å²) in [6.45, 7) is 5.06. The molecule has 1 amide bonds. The maximum Gasteiger partial charge on any atom is 0.295 e. The van der Waals surface area contributed by atoms with Gasteiger partial charge in [0.05, 0.1) is 6.21 Å². The minimum Gasteiger partial charge on any atom is -0.322 e. The molecule has 1 aliphatic heterocycles. The highest BCUT2D eigenvalue weighted by atomic mass is 79.9. The average molecular weight is 470 g/mol. The van der Waals surface area contributed by atoms with Gasteiger partial charge in [0.1, 0.15) is 38.5 Å². The number of piperazine rings is 1. The summed E-state index contributed by atoms with van der Waals surface area (Å²) >= 11 is 9.53. The Kier molecular flexibility index (Phi) is 7.56. The Balaban J connectivity index is 1.42. The molecule has 0 saturated carbocycles. The summed E-state index contributed by atoms with van der Waals surface area (Å²) in [6, 6.07) is 12.5. The van der Waals surface area contributed by atoms with E-state index in [1.807, 2.05) is 18.2 Å². The second-order valence-corrected chi connectivity index (χ2v) is 8.23. The zero-order valence-electron chi connectivity index (χ0n) is 15.4. The molecule has 5 nitrogen and oxygen atoms in total. The predicted octanol–water partition coefficient (Wildman–Crippen LogP) is 0.675. The Morgan fingerprint density at radius 2 is 1.89 bits per heavy atom. The molecule has 0 radical (unpaired) electrons. The Morgan fingerprint density at radius 3 is 2.64 bits per heavy atom. The van der Waals surface area contributed by atoms with Crippen molar-refractivity contribution in [3.63, 3.8) is 0 Å². The number of quaternary nitrogens is 2. The molecule has 0 aliphatic carbocycles. The molecule has 3 rings (SSSR count). The van der Waals surface area contributed by atoms with Crippen molar-refractivity contribution in [2.75, 3.05) is 32.7 Å². The molecule has 148 valence electrons. The van der Waals surface area contributed by atoms with Crippen molar-refractivity contribution < 1.29 is 19.0 Å². The van der Waals surface area contributed by atoms with Crippen LogP contribution < -0.4 is 15.2 Å². The van der Waals surface area contributed by atoms with Crippen LogP contribution in [0.4, 0.5) is 4.39 Å². The van der Waals surface area contributed by atoms with Crippen LogP contribution in [0.3, 0.4) is 0 Å². The Hall–Kier alpha value is -1.80. The number of rotatable bonds is 6. The lowest BCUT2D eigenvalue weighted by molar-refractivity contribution is -1.02. The van der Waals surface area contributed by atoms with Crippen LogP contribution in [-0.4, -0.2) is 44.8 Å². The first-order valence-corrected chi connectivity index (χ1v) is 10.4. The van der Waals surface area contributed by atoms with Gasteiger partial charge in [0.25, 0.3) is 5.91 Å². The van der Waals surface area contributed by atoms with Crippen LogP contribution in [-0.2, 0) is 11.3 Å². The topological polar surface area (TPSA) is 50.3 Å². The van der Waals surface area contributed by atoms with Gasteiger partial charge >= 0.3 is 0 Å². The zero-order chi connectivity index (χ0) is 19.9. The van der Waals surface area contributed by atoms with E-state index >= 15 is 0 Å². The number of carbonyl (C=O) groups excluding carboxylic acids is 1. The van der Waals surface area contributed by atoms with E-state index in [9.17, 15) is 9.18 Å². The summed E-state index contributed by atoms with van der Waals surface area (Å²) < 4.78 is 14.4. The normalized spacial score (nSPS) is 19.7. The Morgan fingerprint density at radius 1 is 1.18 bits per heavy atom. The maximum atomic E-state index is 13.6. The number of nitrogens with zero attached hydrogens (tertiary/aromatic N) is 1. The molecular weight excluding hydrogens is 447 g/mol. The third kappa shape index (κ3) is 6.10. The van der Waals surface area contributed by atoms with E-state index in [1.54, 1.807) is 12.1 Å². The molecule has 0 spiro atoms. The number of hydrogen-bond donors (Lipinski definition) is 3. The van der Waals surface area contributed by atoms with Crippen molar-refractivity contribution in [3.05, 3.63) is 68.9 Å². The summed E-state index contributed by atoms with van der Waals surface area (Å²) in [5.74, 6) is -0.555. The quantitative estimate of drug-likeness (QED) is 0.423. The van der Waals surface area contributed by atoms with Crippen LogP contribution >= 0.6 is 27.5 Å². The first-order valence-electron chi connectivity index (χ1n) is 9.19. The molecule has 0 atom stereocenters. The van der Waals surface area contributed by atoms with E-state index in [0.717, 1.165) is 47.8 Å². The highest BCUT2D eigenvalue weighted by Crippen LogP contribution is 2.14. The van der Waals surface area contributed by atoms with Gasteiger partial charge in [-0.2, -0.15) is 5.10 Å². The summed E-state index contributed by atoms with van der Waals surface area (Å²) in [4.78, 5) is 14.8. The fraction of sp³-hybridized carbons (Fsp3) is 0.300. The van der Waals surface area contributed by atoms with Gasteiger partial charge in [-0.25, -0.2) is 9.82 Å². The van der Waals surface area contributed by atoms with Gasteiger partial charge in [-0.05, 0) is 24.3 Å². The average Bonchev–Trinajstić information content (AvgIpc) is 2.68. The lowest BCUT2D eigenvalue weighted by atomic mass is 10.2. The Bertz CT molecular complexity index is 856. The third-order valence-electron chi connectivity index (χ3n) is 4.82. The second kappa shape index (κ2) is 10.1. The zero-order valence-corrected chi connectivity index (χ0v) is 17.7. The number of halogens is 3.